The van der Waals surface area contributed by atoms with Crippen LogP contribution >= 0.6 is 11.3 Å². The molecule has 1 N–H and O–H groups in total. The zero-order chi connectivity index (χ0) is 19.7. The van der Waals surface area contributed by atoms with Crippen LogP contribution in [0.1, 0.15) is 43.0 Å². The van der Waals surface area contributed by atoms with Crippen LogP contribution in [0.5, 0.6) is 0 Å². The molecule has 0 saturated heterocycles. The van der Waals surface area contributed by atoms with E-state index in [0.717, 1.165) is 39.0 Å². The Bertz CT molecular complexity index is 993. The second-order valence-electron chi connectivity index (χ2n) is 7.55. The van der Waals surface area contributed by atoms with Crippen molar-refractivity contribution in [1.82, 2.24) is 14.9 Å². The van der Waals surface area contributed by atoms with Crippen LogP contribution < -0.4 is 5.32 Å². The predicted molar refractivity (Wildman–Crippen MR) is 114 cm³/mol. The molecule has 0 radical (unpaired) electrons. The number of carbonyl (C=O) groups excluding carboxylic acids is 1. The number of nitrogens with one attached hydrogen (secondary N) is 1. The number of esters is 1. The highest BCUT2D eigenvalue weighted by Gasteiger charge is 2.24. The van der Waals surface area contributed by atoms with Crippen molar-refractivity contribution in [2.24, 2.45) is 0 Å². The Balaban J connectivity index is 1.66. The number of hydrogen-bond donors (Lipinski definition) is 1. The third kappa shape index (κ3) is 3.69. The van der Waals surface area contributed by atoms with Gasteiger partial charge < -0.3 is 15.0 Å². The number of aromatic nitrogens is 2. The largest absolute Gasteiger partial charge is 0.462 e. The van der Waals surface area contributed by atoms with E-state index >= 15 is 0 Å². The van der Waals surface area contributed by atoms with Crippen molar-refractivity contribution in [3.8, 4) is 0 Å². The molecule has 0 unspecified atom stereocenters. The van der Waals surface area contributed by atoms with Crippen molar-refractivity contribution < 1.29 is 9.53 Å². The van der Waals surface area contributed by atoms with E-state index in [0.29, 0.717) is 24.3 Å². The second-order valence-corrected chi connectivity index (χ2v) is 8.58. The van der Waals surface area contributed by atoms with Crippen LogP contribution in [-0.4, -0.2) is 53.6 Å². The summed E-state index contributed by atoms with van der Waals surface area (Å²) in [5.41, 5.74) is 0.565. The molecule has 1 aliphatic rings. The van der Waals surface area contributed by atoms with Crippen molar-refractivity contribution in [2.45, 2.75) is 44.7 Å². The van der Waals surface area contributed by atoms with Crippen LogP contribution in [0.2, 0.25) is 0 Å². The fourth-order valence-corrected chi connectivity index (χ4v) is 5.01. The van der Waals surface area contributed by atoms with Gasteiger partial charge in [0.15, 0.2) is 0 Å². The Morgan fingerprint density at radius 3 is 2.75 bits per heavy atom. The van der Waals surface area contributed by atoms with E-state index in [2.05, 4.69) is 34.3 Å². The van der Waals surface area contributed by atoms with Crippen LogP contribution in [-0.2, 0) is 4.74 Å². The quantitative estimate of drug-likeness (QED) is 0.646. The number of nitrogens with zero attached hydrogens (tertiary/aromatic N) is 3. The van der Waals surface area contributed by atoms with Crippen molar-refractivity contribution in [3.63, 3.8) is 0 Å². The van der Waals surface area contributed by atoms with E-state index in [1.165, 1.54) is 12.8 Å². The van der Waals surface area contributed by atoms with Crippen LogP contribution in [0.3, 0.4) is 0 Å². The number of ether oxygens (including phenoxy) is 1. The Kier molecular flexibility index (Phi) is 5.46. The zero-order valence-corrected chi connectivity index (χ0v) is 17.4. The van der Waals surface area contributed by atoms with Crippen molar-refractivity contribution in [3.05, 3.63) is 30.1 Å². The highest BCUT2D eigenvalue weighted by atomic mass is 32.1. The monoisotopic (exact) mass is 398 g/mol. The molecule has 0 amide bonds. The first-order valence-corrected chi connectivity index (χ1v) is 10.7. The van der Waals surface area contributed by atoms with Crippen LogP contribution in [0.25, 0.3) is 20.3 Å². The summed E-state index contributed by atoms with van der Waals surface area (Å²) in [7, 11) is 4.32. The minimum atomic E-state index is -0.294. The molecule has 0 atom stereocenters. The van der Waals surface area contributed by atoms with Gasteiger partial charge in [-0.05, 0) is 64.9 Å². The Labute approximate surface area is 168 Å². The maximum absolute atomic E-state index is 12.2. The molecule has 7 heteroatoms. The molecule has 0 aliphatic heterocycles. The summed E-state index contributed by atoms with van der Waals surface area (Å²) in [6.45, 7) is 2.18. The Morgan fingerprint density at radius 1 is 1.25 bits per heavy atom. The normalized spacial score (nSPS) is 20.0. The Morgan fingerprint density at radius 2 is 2.04 bits per heavy atom. The summed E-state index contributed by atoms with van der Waals surface area (Å²) in [5, 5.41) is 5.67. The third-order valence-corrected chi connectivity index (χ3v) is 6.63. The fraction of sp³-hybridized carbons (Fsp3) is 0.476. The molecule has 28 heavy (non-hydrogen) atoms. The van der Waals surface area contributed by atoms with Crippen molar-refractivity contribution in [1.29, 1.82) is 0 Å². The lowest BCUT2D eigenvalue weighted by molar-refractivity contribution is 0.0526. The van der Waals surface area contributed by atoms with Gasteiger partial charge in [-0.2, -0.15) is 0 Å². The van der Waals surface area contributed by atoms with Gasteiger partial charge in [-0.15, -0.1) is 11.3 Å². The van der Waals surface area contributed by atoms with Gasteiger partial charge in [-0.25, -0.2) is 14.8 Å². The second kappa shape index (κ2) is 8.01. The highest BCUT2D eigenvalue weighted by Crippen LogP contribution is 2.37. The zero-order valence-electron chi connectivity index (χ0n) is 16.6. The number of hydrogen-bond acceptors (Lipinski definition) is 7. The molecule has 6 nitrogen and oxygen atoms in total. The fourth-order valence-electron chi connectivity index (χ4n) is 3.99. The van der Waals surface area contributed by atoms with Gasteiger partial charge in [-0.1, -0.05) is 0 Å². The van der Waals surface area contributed by atoms with E-state index in [9.17, 15) is 4.79 Å². The van der Waals surface area contributed by atoms with Crippen LogP contribution in [0, 0.1) is 0 Å². The number of rotatable bonds is 5. The Hall–Kier alpha value is -2.25. The summed E-state index contributed by atoms with van der Waals surface area (Å²) in [5.74, 6) is 0.572. The van der Waals surface area contributed by atoms with Crippen LogP contribution in [0.4, 0.5) is 5.82 Å². The molecule has 1 saturated carbocycles. The highest BCUT2D eigenvalue weighted by molar-refractivity contribution is 7.25. The average Bonchev–Trinajstić information content (AvgIpc) is 3.07. The van der Waals surface area contributed by atoms with Crippen LogP contribution in [0.15, 0.2) is 24.5 Å². The number of anilines is 1. The maximum atomic E-state index is 12.2. The molecule has 1 aliphatic carbocycles. The van der Waals surface area contributed by atoms with Crippen molar-refractivity contribution in [2.75, 3.05) is 26.0 Å². The van der Waals surface area contributed by atoms with E-state index in [4.69, 9.17) is 4.74 Å². The third-order valence-electron chi connectivity index (χ3n) is 5.55. The van der Waals surface area contributed by atoms with Gasteiger partial charge in [0, 0.05) is 22.2 Å². The van der Waals surface area contributed by atoms with E-state index in [-0.39, 0.29) is 5.97 Å². The smallest absolute Gasteiger partial charge is 0.338 e. The van der Waals surface area contributed by atoms with Gasteiger partial charge in [0.25, 0.3) is 0 Å². The van der Waals surface area contributed by atoms with E-state index in [1.54, 1.807) is 17.7 Å². The minimum Gasteiger partial charge on any atom is -0.462 e. The first kappa shape index (κ1) is 19.1. The molecule has 1 aromatic carbocycles. The van der Waals surface area contributed by atoms with Gasteiger partial charge >= 0.3 is 5.97 Å². The van der Waals surface area contributed by atoms with Gasteiger partial charge in [0.05, 0.1) is 17.6 Å². The van der Waals surface area contributed by atoms with Crippen molar-refractivity contribution >= 4 is 43.4 Å². The molecule has 2 heterocycles. The lowest BCUT2D eigenvalue weighted by Crippen LogP contribution is -2.36. The maximum Gasteiger partial charge on any atom is 0.338 e. The molecule has 0 spiro atoms. The first-order valence-electron chi connectivity index (χ1n) is 9.84. The molecule has 4 rings (SSSR count). The molecule has 0 bridgehead atoms. The lowest BCUT2D eigenvalue weighted by atomic mass is 9.90. The molecular formula is C21H26N4O2S. The number of fused-ring (bicyclic) bond motifs is 3. The topological polar surface area (TPSA) is 67.3 Å². The summed E-state index contributed by atoms with van der Waals surface area (Å²) in [6, 6.07) is 6.78. The summed E-state index contributed by atoms with van der Waals surface area (Å²) >= 11 is 1.63. The van der Waals surface area contributed by atoms with Gasteiger partial charge in [0.1, 0.15) is 17.0 Å². The standard InChI is InChI=1S/C21H26N4O2S/c1-4-27-21(26)13-5-10-17-16(11-13)18-19(22-12-23-20(18)28-17)24-14-6-8-15(9-7-14)25(2)3/h5,10-12,14-15H,4,6-9H2,1-3H3,(H,22,23,24). The summed E-state index contributed by atoms with van der Waals surface area (Å²) in [6.07, 6.45) is 6.26. The summed E-state index contributed by atoms with van der Waals surface area (Å²) < 4.78 is 6.26. The summed E-state index contributed by atoms with van der Waals surface area (Å²) in [4.78, 5) is 24.4. The van der Waals surface area contributed by atoms with E-state index in [1.807, 2.05) is 25.1 Å². The SMILES string of the molecule is CCOC(=O)c1ccc2sc3ncnc(NC4CCC(N(C)C)CC4)c3c2c1. The minimum absolute atomic E-state index is 0.294. The number of thiophene rings is 1. The average molecular weight is 399 g/mol. The molecule has 1 fully saturated rings. The van der Waals surface area contributed by atoms with Gasteiger partial charge in [-0.3, -0.25) is 0 Å². The molecule has 3 aromatic rings. The number of benzene rings is 1. The first-order chi connectivity index (χ1) is 13.6. The lowest BCUT2D eigenvalue weighted by Gasteiger charge is -2.33. The molecular weight excluding hydrogens is 372 g/mol. The molecule has 148 valence electrons. The predicted octanol–water partition coefficient (Wildman–Crippen LogP) is 4.31. The number of carbonyl (C=O) groups is 1. The van der Waals surface area contributed by atoms with E-state index < -0.39 is 0 Å². The molecule has 2 aromatic heterocycles. The van der Waals surface area contributed by atoms with Gasteiger partial charge in [0.2, 0.25) is 0 Å².